The van der Waals surface area contributed by atoms with E-state index in [1.165, 1.54) is 10.5 Å². The van der Waals surface area contributed by atoms with E-state index < -0.39 is 0 Å². The number of hydrogen-bond acceptors (Lipinski definition) is 3. The molecule has 0 aliphatic carbocycles. The summed E-state index contributed by atoms with van der Waals surface area (Å²) in [5, 5.41) is 0. The number of quaternary nitrogens is 2. The first-order valence-electron chi connectivity index (χ1n) is 10.4. The number of fused-ring (bicyclic) bond motifs is 1. The highest BCUT2D eigenvalue weighted by molar-refractivity contribution is 5.98. The molecule has 0 saturated carbocycles. The average molecular weight is 398 g/mol. The molecule has 0 spiro atoms. The summed E-state index contributed by atoms with van der Waals surface area (Å²) < 4.78 is 13.0. The predicted octanol–water partition coefficient (Wildman–Crippen LogP) is 0.186. The maximum atomic E-state index is 12.9. The van der Waals surface area contributed by atoms with Gasteiger partial charge < -0.3 is 23.8 Å². The Morgan fingerprint density at radius 1 is 1.10 bits per heavy atom. The summed E-state index contributed by atoms with van der Waals surface area (Å²) in [4.78, 5) is 15.8. The van der Waals surface area contributed by atoms with Gasteiger partial charge in [0, 0.05) is 29.1 Å². The topological polar surface area (TPSA) is 49.3 Å². The van der Waals surface area contributed by atoms with Gasteiger partial charge in [0.05, 0.1) is 0 Å². The first-order valence-corrected chi connectivity index (χ1v) is 10.4. The van der Waals surface area contributed by atoms with Crippen LogP contribution in [0.2, 0.25) is 0 Å². The zero-order valence-corrected chi connectivity index (χ0v) is 17.4. The number of carbonyl (C=O) groups excluding carboxylic acids is 1. The molecule has 3 heterocycles. The van der Waals surface area contributed by atoms with Crippen LogP contribution in [0.15, 0.2) is 36.9 Å². The average Bonchev–Trinajstić information content (AvgIpc) is 3.29. The molecule has 1 aromatic carbocycles. The lowest BCUT2D eigenvalue weighted by molar-refractivity contribution is -1.01. The second-order valence-electron chi connectivity index (χ2n) is 8.15. The quantitative estimate of drug-likeness (QED) is 0.518. The number of Topliss-reactive ketones (excluding diaryl/α,β-unsaturated/α-hetero) is 1. The molecule has 4 rings (SSSR count). The van der Waals surface area contributed by atoms with Crippen molar-refractivity contribution in [3.63, 3.8) is 0 Å². The van der Waals surface area contributed by atoms with E-state index in [1.54, 1.807) is 4.90 Å². The van der Waals surface area contributed by atoms with Crippen molar-refractivity contribution in [2.45, 2.75) is 26.9 Å². The number of allylic oxidation sites excluding steroid dienone is 1. The smallest absolute Gasteiger partial charge is 0.231 e. The number of carbonyl (C=O) groups is 1. The Labute approximate surface area is 172 Å². The lowest BCUT2D eigenvalue weighted by Gasteiger charge is -2.29. The van der Waals surface area contributed by atoms with Crippen molar-refractivity contribution >= 4 is 5.78 Å². The number of rotatable bonds is 7. The molecule has 0 atom stereocenters. The van der Waals surface area contributed by atoms with Crippen LogP contribution in [0.4, 0.5) is 0 Å². The highest BCUT2D eigenvalue weighted by Gasteiger charge is 2.27. The molecule has 6 heteroatoms. The molecule has 0 bridgehead atoms. The molecular formula is C23H31N3O3+2. The molecule has 0 unspecified atom stereocenters. The van der Waals surface area contributed by atoms with Gasteiger partial charge in [-0.3, -0.25) is 4.79 Å². The van der Waals surface area contributed by atoms with Gasteiger partial charge in [-0.2, -0.15) is 0 Å². The van der Waals surface area contributed by atoms with Gasteiger partial charge >= 0.3 is 0 Å². The number of nitrogens with one attached hydrogen (secondary N) is 2. The van der Waals surface area contributed by atoms with Crippen LogP contribution in [-0.4, -0.2) is 49.9 Å². The third kappa shape index (κ3) is 4.23. The Kier molecular flexibility index (Phi) is 5.74. The first-order chi connectivity index (χ1) is 14.0. The molecule has 1 saturated heterocycles. The molecule has 2 N–H and O–H groups in total. The molecule has 0 amide bonds. The van der Waals surface area contributed by atoms with Crippen molar-refractivity contribution in [1.29, 1.82) is 0 Å². The summed E-state index contributed by atoms with van der Waals surface area (Å²) in [6.45, 7) is 14.7. The van der Waals surface area contributed by atoms with Gasteiger partial charge in [0.2, 0.25) is 12.6 Å². The number of ketones is 1. The molecule has 2 aliphatic heterocycles. The Hall–Kier alpha value is -2.57. The summed E-state index contributed by atoms with van der Waals surface area (Å²) >= 11 is 0. The SMILES string of the molecule is C=CCn1c(C)cc(C(=O)C[NH+]2CC[NH+](Cc3ccc4c(c3)OCO4)CC2)c1C. The normalized spacial score (nSPS) is 20.6. The van der Waals surface area contributed by atoms with E-state index in [0.29, 0.717) is 13.3 Å². The summed E-state index contributed by atoms with van der Waals surface area (Å²) in [6, 6.07) is 8.25. The van der Waals surface area contributed by atoms with Crippen LogP contribution in [-0.2, 0) is 13.1 Å². The van der Waals surface area contributed by atoms with Crippen molar-refractivity contribution in [3.8, 4) is 11.5 Å². The van der Waals surface area contributed by atoms with E-state index in [0.717, 1.165) is 67.7 Å². The second-order valence-corrected chi connectivity index (χ2v) is 8.15. The Morgan fingerprint density at radius 2 is 1.83 bits per heavy atom. The van der Waals surface area contributed by atoms with Crippen LogP contribution in [0.1, 0.15) is 27.3 Å². The number of benzene rings is 1. The van der Waals surface area contributed by atoms with Gasteiger partial charge in [-0.05, 0) is 38.1 Å². The number of ether oxygens (including phenoxy) is 2. The van der Waals surface area contributed by atoms with Crippen molar-refractivity contribution in [3.05, 3.63) is 59.4 Å². The summed E-state index contributed by atoms with van der Waals surface area (Å²) in [6.07, 6.45) is 1.88. The number of hydrogen-bond donors (Lipinski definition) is 2. The Morgan fingerprint density at radius 3 is 2.59 bits per heavy atom. The monoisotopic (exact) mass is 397 g/mol. The molecule has 6 nitrogen and oxygen atoms in total. The number of aryl methyl sites for hydroxylation is 1. The van der Waals surface area contributed by atoms with E-state index in [-0.39, 0.29) is 5.78 Å². The second kappa shape index (κ2) is 8.43. The minimum absolute atomic E-state index is 0.252. The van der Waals surface area contributed by atoms with Crippen LogP contribution < -0.4 is 19.3 Å². The van der Waals surface area contributed by atoms with E-state index >= 15 is 0 Å². The van der Waals surface area contributed by atoms with Gasteiger partial charge in [0.25, 0.3) is 0 Å². The van der Waals surface area contributed by atoms with E-state index in [4.69, 9.17) is 9.47 Å². The predicted molar refractivity (Wildman–Crippen MR) is 111 cm³/mol. The summed E-state index contributed by atoms with van der Waals surface area (Å²) in [7, 11) is 0. The lowest BCUT2D eigenvalue weighted by Crippen LogP contribution is -3.27. The fourth-order valence-corrected chi connectivity index (χ4v) is 4.47. The van der Waals surface area contributed by atoms with Crippen molar-refractivity contribution in [1.82, 2.24) is 4.57 Å². The molecule has 0 radical (unpaired) electrons. The molecular weight excluding hydrogens is 366 g/mol. The standard InChI is InChI=1S/C23H29N3O3/c1-4-7-26-17(2)12-20(18(26)3)21(27)15-25-10-8-24(9-11-25)14-19-5-6-22-23(13-19)29-16-28-22/h4-6,12-13H,1,7-11,14-16H2,2-3H3/p+2. The molecule has 2 aromatic rings. The van der Waals surface area contributed by atoms with Crippen molar-refractivity contribution in [2.75, 3.05) is 39.5 Å². The van der Waals surface area contributed by atoms with Gasteiger partial charge in [-0.1, -0.05) is 6.08 Å². The minimum atomic E-state index is 0.252. The molecule has 1 fully saturated rings. The highest BCUT2D eigenvalue weighted by atomic mass is 16.7. The van der Waals surface area contributed by atoms with Crippen LogP contribution >= 0.6 is 0 Å². The van der Waals surface area contributed by atoms with Crippen molar-refractivity contribution < 1.29 is 24.1 Å². The van der Waals surface area contributed by atoms with Gasteiger partial charge in [0.15, 0.2) is 11.5 Å². The van der Waals surface area contributed by atoms with E-state index in [1.807, 2.05) is 25.1 Å². The number of aromatic nitrogens is 1. The molecule has 2 aliphatic rings. The molecule has 154 valence electrons. The molecule has 1 aromatic heterocycles. The third-order valence-electron chi connectivity index (χ3n) is 6.15. The van der Waals surface area contributed by atoms with Gasteiger partial charge in [-0.25, -0.2) is 0 Å². The number of piperazine rings is 1. The fourth-order valence-electron chi connectivity index (χ4n) is 4.47. The zero-order valence-electron chi connectivity index (χ0n) is 17.4. The fraction of sp³-hybridized carbons (Fsp3) is 0.435. The zero-order chi connectivity index (χ0) is 20.4. The largest absolute Gasteiger partial charge is 0.454 e. The van der Waals surface area contributed by atoms with Crippen LogP contribution in [0.3, 0.4) is 0 Å². The van der Waals surface area contributed by atoms with Crippen LogP contribution in [0, 0.1) is 13.8 Å². The number of nitrogens with zero attached hydrogens (tertiary/aromatic N) is 1. The molecule has 29 heavy (non-hydrogen) atoms. The lowest BCUT2D eigenvalue weighted by atomic mass is 10.1. The summed E-state index contributed by atoms with van der Waals surface area (Å²) in [5.41, 5.74) is 4.32. The van der Waals surface area contributed by atoms with Gasteiger partial charge in [-0.15, -0.1) is 6.58 Å². The Bertz CT molecular complexity index is 910. The first kappa shape index (κ1) is 19.7. The minimum Gasteiger partial charge on any atom is -0.454 e. The van der Waals surface area contributed by atoms with Crippen LogP contribution in [0.5, 0.6) is 11.5 Å². The Balaban J connectivity index is 1.30. The van der Waals surface area contributed by atoms with Crippen molar-refractivity contribution in [2.24, 2.45) is 0 Å². The maximum Gasteiger partial charge on any atom is 0.231 e. The van der Waals surface area contributed by atoms with Crippen LogP contribution in [0.25, 0.3) is 0 Å². The van der Waals surface area contributed by atoms with E-state index in [2.05, 4.69) is 30.2 Å². The third-order valence-corrected chi connectivity index (χ3v) is 6.15. The van der Waals surface area contributed by atoms with Gasteiger partial charge in [0.1, 0.15) is 39.3 Å². The van der Waals surface area contributed by atoms with E-state index in [9.17, 15) is 4.79 Å². The highest BCUT2D eigenvalue weighted by Crippen LogP contribution is 2.32. The maximum absolute atomic E-state index is 12.9. The summed E-state index contributed by atoms with van der Waals surface area (Å²) in [5.74, 6) is 1.94.